The molecule has 0 saturated carbocycles. The minimum Gasteiger partial charge on any atom is -0.469 e. The third-order valence-corrected chi connectivity index (χ3v) is 2.25. The molecule has 2 N–H and O–H groups in total. The molecule has 0 amide bonds. The number of carbonyl (C=O) groups excluding carboxylic acids is 1. The van der Waals surface area contributed by atoms with Crippen LogP contribution in [0.5, 0.6) is 0 Å². The largest absolute Gasteiger partial charge is 0.469 e. The van der Waals surface area contributed by atoms with E-state index in [9.17, 15) is 9.18 Å². The number of nitrogens with two attached hydrogens (primary N) is 1. The van der Waals surface area contributed by atoms with Crippen LogP contribution in [0.1, 0.15) is 16.7 Å². The lowest BCUT2D eigenvalue weighted by Gasteiger charge is -2.09. The van der Waals surface area contributed by atoms with Crippen molar-refractivity contribution in [2.75, 3.05) is 7.11 Å². The van der Waals surface area contributed by atoms with Crippen LogP contribution in [0.3, 0.4) is 0 Å². The van der Waals surface area contributed by atoms with Crippen molar-refractivity contribution in [2.45, 2.75) is 13.0 Å². The number of hydrogen-bond donors (Lipinski definition) is 1. The topological polar surface area (TPSA) is 76.1 Å². The summed E-state index contributed by atoms with van der Waals surface area (Å²) in [5, 5.41) is 8.81. The van der Waals surface area contributed by atoms with E-state index in [1.165, 1.54) is 13.2 Å². The summed E-state index contributed by atoms with van der Waals surface area (Å²) in [5.41, 5.74) is 6.21. The molecule has 0 unspecified atom stereocenters. The molecule has 0 radical (unpaired) electrons. The average molecular weight is 222 g/mol. The van der Waals surface area contributed by atoms with Crippen LogP contribution in [0.25, 0.3) is 0 Å². The predicted molar refractivity (Wildman–Crippen MR) is 54.7 cm³/mol. The Kier molecular flexibility index (Phi) is 3.97. The van der Waals surface area contributed by atoms with Crippen molar-refractivity contribution in [3.63, 3.8) is 0 Å². The molecular formula is C11H11FN2O2. The highest BCUT2D eigenvalue weighted by Crippen LogP contribution is 2.18. The molecule has 1 rings (SSSR count). The van der Waals surface area contributed by atoms with Crippen LogP contribution in [0, 0.1) is 17.1 Å². The summed E-state index contributed by atoms with van der Waals surface area (Å²) in [5.74, 6) is -1.12. The smallest absolute Gasteiger partial charge is 0.310 e. The molecule has 0 spiro atoms. The summed E-state index contributed by atoms with van der Waals surface area (Å²) in [4.78, 5) is 11.1. The first-order chi connectivity index (χ1) is 7.63. The SMILES string of the molecule is COC(=O)Cc1c(F)ccc(C#N)c1CN. The highest BCUT2D eigenvalue weighted by molar-refractivity contribution is 5.73. The Labute approximate surface area is 92.4 Å². The molecule has 0 saturated heterocycles. The number of hydrogen-bond acceptors (Lipinski definition) is 4. The Balaban J connectivity index is 3.24. The van der Waals surface area contributed by atoms with Gasteiger partial charge in [-0.2, -0.15) is 5.26 Å². The van der Waals surface area contributed by atoms with E-state index in [0.29, 0.717) is 5.56 Å². The molecule has 0 aliphatic carbocycles. The van der Waals surface area contributed by atoms with Crippen LogP contribution in [0.15, 0.2) is 12.1 Å². The van der Waals surface area contributed by atoms with Gasteiger partial charge in [0.2, 0.25) is 0 Å². The zero-order valence-corrected chi connectivity index (χ0v) is 8.79. The van der Waals surface area contributed by atoms with Gasteiger partial charge >= 0.3 is 5.97 Å². The van der Waals surface area contributed by atoms with E-state index >= 15 is 0 Å². The van der Waals surface area contributed by atoms with E-state index in [4.69, 9.17) is 11.0 Å². The second kappa shape index (κ2) is 5.24. The summed E-state index contributed by atoms with van der Waals surface area (Å²) >= 11 is 0. The Morgan fingerprint density at radius 1 is 1.56 bits per heavy atom. The van der Waals surface area contributed by atoms with Gasteiger partial charge in [-0.25, -0.2) is 4.39 Å². The molecule has 0 aromatic heterocycles. The molecule has 0 aliphatic heterocycles. The number of halogens is 1. The number of methoxy groups -OCH3 is 1. The lowest BCUT2D eigenvalue weighted by Crippen LogP contribution is -2.12. The minimum atomic E-state index is -0.566. The van der Waals surface area contributed by atoms with Crippen LogP contribution in [0.2, 0.25) is 0 Å². The first-order valence-electron chi connectivity index (χ1n) is 4.61. The molecule has 0 bridgehead atoms. The van der Waals surface area contributed by atoms with E-state index in [2.05, 4.69) is 4.74 Å². The van der Waals surface area contributed by atoms with Gasteiger partial charge in [0.15, 0.2) is 0 Å². The second-order valence-electron chi connectivity index (χ2n) is 3.12. The van der Waals surface area contributed by atoms with Gasteiger partial charge in [-0.05, 0) is 17.7 Å². The Hall–Kier alpha value is -1.93. The first-order valence-corrected chi connectivity index (χ1v) is 4.61. The van der Waals surface area contributed by atoms with Gasteiger partial charge in [-0.1, -0.05) is 0 Å². The number of carbonyl (C=O) groups is 1. The average Bonchev–Trinajstić information content (AvgIpc) is 2.31. The zero-order valence-electron chi connectivity index (χ0n) is 8.79. The second-order valence-corrected chi connectivity index (χ2v) is 3.12. The fourth-order valence-electron chi connectivity index (χ4n) is 1.41. The van der Waals surface area contributed by atoms with Crippen LogP contribution >= 0.6 is 0 Å². The van der Waals surface area contributed by atoms with E-state index in [-0.39, 0.29) is 24.1 Å². The zero-order chi connectivity index (χ0) is 12.1. The number of esters is 1. The van der Waals surface area contributed by atoms with Crippen molar-refractivity contribution in [2.24, 2.45) is 5.73 Å². The number of rotatable bonds is 3. The number of benzene rings is 1. The molecule has 5 heteroatoms. The Bertz CT molecular complexity index is 452. The van der Waals surface area contributed by atoms with Crippen molar-refractivity contribution in [3.8, 4) is 6.07 Å². The molecule has 1 aromatic rings. The Morgan fingerprint density at radius 2 is 2.25 bits per heavy atom. The maximum absolute atomic E-state index is 13.5. The minimum absolute atomic E-state index is 0.00693. The highest BCUT2D eigenvalue weighted by atomic mass is 19.1. The van der Waals surface area contributed by atoms with E-state index < -0.39 is 11.8 Å². The van der Waals surface area contributed by atoms with Gasteiger partial charge in [0.05, 0.1) is 25.2 Å². The molecule has 0 fully saturated rings. The van der Waals surface area contributed by atoms with Crippen LogP contribution in [-0.2, 0) is 22.5 Å². The van der Waals surface area contributed by atoms with Crippen molar-refractivity contribution in [3.05, 3.63) is 34.6 Å². The summed E-state index contributed by atoms with van der Waals surface area (Å²) in [6.07, 6.45) is -0.218. The maximum Gasteiger partial charge on any atom is 0.310 e. The fourth-order valence-corrected chi connectivity index (χ4v) is 1.41. The lowest BCUT2D eigenvalue weighted by atomic mass is 9.99. The third kappa shape index (κ3) is 2.35. The number of nitrogens with zero attached hydrogens (tertiary/aromatic N) is 1. The van der Waals surface area contributed by atoms with E-state index in [1.54, 1.807) is 0 Å². The van der Waals surface area contributed by atoms with Gasteiger partial charge in [0.25, 0.3) is 0 Å². The number of ether oxygens (including phenoxy) is 1. The predicted octanol–water partition coefficient (Wildman–Crippen LogP) is 0.872. The summed E-state index contributed by atoms with van der Waals surface area (Å²) in [7, 11) is 1.22. The molecule has 0 atom stereocenters. The fraction of sp³-hybridized carbons (Fsp3) is 0.273. The quantitative estimate of drug-likeness (QED) is 0.770. The van der Waals surface area contributed by atoms with Gasteiger partial charge < -0.3 is 10.5 Å². The summed E-state index contributed by atoms with van der Waals surface area (Å²) in [6, 6.07) is 4.40. The van der Waals surface area contributed by atoms with Crippen LogP contribution < -0.4 is 5.73 Å². The van der Waals surface area contributed by atoms with Crippen molar-refractivity contribution < 1.29 is 13.9 Å². The van der Waals surface area contributed by atoms with Crippen LogP contribution in [-0.4, -0.2) is 13.1 Å². The molecular weight excluding hydrogens is 211 g/mol. The third-order valence-electron chi connectivity index (χ3n) is 2.25. The van der Waals surface area contributed by atoms with Crippen LogP contribution in [0.4, 0.5) is 4.39 Å². The molecule has 1 aromatic carbocycles. The van der Waals surface area contributed by atoms with Gasteiger partial charge in [0.1, 0.15) is 5.82 Å². The molecule has 16 heavy (non-hydrogen) atoms. The maximum atomic E-state index is 13.5. The van der Waals surface area contributed by atoms with Gasteiger partial charge in [0, 0.05) is 12.1 Å². The van der Waals surface area contributed by atoms with Gasteiger partial charge in [-0.3, -0.25) is 4.79 Å². The van der Waals surface area contributed by atoms with E-state index in [1.807, 2.05) is 6.07 Å². The molecule has 0 heterocycles. The highest BCUT2D eigenvalue weighted by Gasteiger charge is 2.15. The van der Waals surface area contributed by atoms with Crippen molar-refractivity contribution in [1.82, 2.24) is 0 Å². The Morgan fingerprint density at radius 3 is 2.75 bits per heavy atom. The monoisotopic (exact) mass is 222 g/mol. The molecule has 4 nitrogen and oxygen atoms in total. The van der Waals surface area contributed by atoms with Crippen molar-refractivity contribution in [1.29, 1.82) is 5.26 Å². The lowest BCUT2D eigenvalue weighted by molar-refractivity contribution is -0.139. The normalized spacial score (nSPS) is 9.62. The molecule has 84 valence electrons. The van der Waals surface area contributed by atoms with E-state index in [0.717, 1.165) is 6.07 Å². The summed E-state index contributed by atoms with van der Waals surface area (Å²) < 4.78 is 17.9. The summed E-state index contributed by atoms with van der Waals surface area (Å²) in [6.45, 7) is 0.00693. The standard InChI is InChI=1S/C11H11FN2O2/c1-16-11(15)4-8-9(6-14)7(5-13)2-3-10(8)12/h2-3H,4,6,14H2,1H3. The number of nitriles is 1. The molecule has 0 aliphatic rings. The van der Waals surface area contributed by atoms with Crippen molar-refractivity contribution >= 4 is 5.97 Å². The first kappa shape index (κ1) is 12.1. The van der Waals surface area contributed by atoms with Gasteiger partial charge in [-0.15, -0.1) is 0 Å².